The van der Waals surface area contributed by atoms with Crippen LogP contribution in [0, 0.1) is 11.8 Å². The molecule has 0 aromatic rings. The maximum absolute atomic E-state index is 11.9. The monoisotopic (exact) mass is 214 g/mol. The van der Waals surface area contributed by atoms with Crippen LogP contribution in [0.4, 0.5) is 0 Å². The second kappa shape index (κ2) is 5.47. The second-order valence-electron chi connectivity index (χ2n) is 4.55. The molecule has 1 saturated heterocycles. The lowest BCUT2D eigenvalue weighted by molar-refractivity contribution is -0.132. The van der Waals surface area contributed by atoms with E-state index >= 15 is 0 Å². The molecular weight excluding hydrogens is 192 g/mol. The Morgan fingerprint density at radius 3 is 2.40 bits per heavy atom. The van der Waals surface area contributed by atoms with Gasteiger partial charge in [-0.3, -0.25) is 4.79 Å². The second-order valence-corrected chi connectivity index (χ2v) is 4.55. The standard InChI is InChI=1S/C11H22N2O2/c1-8-6-13(7-9(8)2)11(14)4-10(5-12)15-3/h8-10H,4-7,12H2,1-3H3. The van der Waals surface area contributed by atoms with Gasteiger partial charge in [0.25, 0.3) is 0 Å². The van der Waals surface area contributed by atoms with Crippen molar-refractivity contribution in [3.8, 4) is 0 Å². The third-order valence-electron chi connectivity index (χ3n) is 3.34. The van der Waals surface area contributed by atoms with Gasteiger partial charge < -0.3 is 15.4 Å². The normalized spacial score (nSPS) is 28.1. The predicted molar refractivity (Wildman–Crippen MR) is 59.4 cm³/mol. The fourth-order valence-corrected chi connectivity index (χ4v) is 1.92. The van der Waals surface area contributed by atoms with E-state index in [4.69, 9.17) is 10.5 Å². The summed E-state index contributed by atoms with van der Waals surface area (Å²) in [6.45, 7) is 6.53. The smallest absolute Gasteiger partial charge is 0.225 e. The molecular formula is C11H22N2O2. The molecule has 4 nitrogen and oxygen atoms in total. The highest BCUT2D eigenvalue weighted by atomic mass is 16.5. The molecule has 3 atom stereocenters. The van der Waals surface area contributed by atoms with Gasteiger partial charge in [0.15, 0.2) is 0 Å². The van der Waals surface area contributed by atoms with E-state index in [9.17, 15) is 4.79 Å². The van der Waals surface area contributed by atoms with Crippen LogP contribution < -0.4 is 5.73 Å². The average molecular weight is 214 g/mol. The number of carbonyl (C=O) groups is 1. The SMILES string of the molecule is COC(CN)CC(=O)N1CC(C)C(C)C1. The van der Waals surface area contributed by atoms with Crippen LogP contribution in [-0.4, -0.2) is 43.7 Å². The molecule has 4 heteroatoms. The maximum atomic E-state index is 11.9. The molecule has 0 bridgehead atoms. The third-order valence-corrected chi connectivity index (χ3v) is 3.34. The van der Waals surface area contributed by atoms with Gasteiger partial charge in [0.1, 0.15) is 0 Å². The Balaban J connectivity index is 2.41. The molecule has 0 spiro atoms. The van der Waals surface area contributed by atoms with Gasteiger partial charge in [-0.1, -0.05) is 13.8 Å². The van der Waals surface area contributed by atoms with Crippen LogP contribution in [0.2, 0.25) is 0 Å². The quantitative estimate of drug-likeness (QED) is 0.740. The van der Waals surface area contributed by atoms with E-state index in [0.717, 1.165) is 13.1 Å². The molecule has 1 heterocycles. The van der Waals surface area contributed by atoms with Crippen LogP contribution in [0.1, 0.15) is 20.3 Å². The van der Waals surface area contributed by atoms with Gasteiger partial charge >= 0.3 is 0 Å². The van der Waals surface area contributed by atoms with Crippen molar-refractivity contribution in [1.82, 2.24) is 4.90 Å². The minimum atomic E-state index is -0.135. The third kappa shape index (κ3) is 3.18. The number of carbonyl (C=O) groups excluding carboxylic acids is 1. The van der Waals surface area contributed by atoms with E-state index in [2.05, 4.69) is 13.8 Å². The number of methoxy groups -OCH3 is 1. The van der Waals surface area contributed by atoms with Gasteiger partial charge in [0.2, 0.25) is 5.91 Å². The fraction of sp³-hybridized carbons (Fsp3) is 0.909. The van der Waals surface area contributed by atoms with Crippen molar-refractivity contribution in [3.63, 3.8) is 0 Å². The summed E-state index contributed by atoms with van der Waals surface area (Å²) in [5.74, 6) is 1.38. The Bertz CT molecular complexity index is 207. The first-order valence-electron chi connectivity index (χ1n) is 5.59. The fourth-order valence-electron chi connectivity index (χ4n) is 1.92. The largest absolute Gasteiger partial charge is 0.380 e. The molecule has 1 rings (SSSR count). The zero-order valence-electron chi connectivity index (χ0n) is 9.90. The highest BCUT2D eigenvalue weighted by Gasteiger charge is 2.29. The molecule has 1 aliphatic rings. The van der Waals surface area contributed by atoms with E-state index in [1.165, 1.54) is 0 Å². The van der Waals surface area contributed by atoms with Gasteiger partial charge in [0.05, 0.1) is 12.5 Å². The molecule has 0 saturated carbocycles. The van der Waals surface area contributed by atoms with Gasteiger partial charge in [-0.05, 0) is 11.8 Å². The average Bonchev–Trinajstić information content (AvgIpc) is 2.55. The van der Waals surface area contributed by atoms with E-state index in [1.807, 2.05) is 4.90 Å². The van der Waals surface area contributed by atoms with Crippen LogP contribution in [-0.2, 0) is 9.53 Å². The number of nitrogens with two attached hydrogens (primary N) is 1. The van der Waals surface area contributed by atoms with E-state index in [0.29, 0.717) is 24.8 Å². The van der Waals surface area contributed by atoms with Crippen molar-refractivity contribution in [2.24, 2.45) is 17.6 Å². The Morgan fingerprint density at radius 1 is 1.47 bits per heavy atom. The van der Waals surface area contributed by atoms with Gasteiger partial charge in [0, 0.05) is 26.7 Å². The van der Waals surface area contributed by atoms with Gasteiger partial charge in [-0.2, -0.15) is 0 Å². The predicted octanol–water partition coefficient (Wildman–Crippen LogP) is 0.465. The van der Waals surface area contributed by atoms with E-state index < -0.39 is 0 Å². The van der Waals surface area contributed by atoms with Crippen LogP contribution in [0.15, 0.2) is 0 Å². The summed E-state index contributed by atoms with van der Waals surface area (Å²) >= 11 is 0. The first kappa shape index (κ1) is 12.5. The summed E-state index contributed by atoms with van der Waals surface area (Å²) in [4.78, 5) is 13.8. The van der Waals surface area contributed by atoms with Gasteiger partial charge in [-0.15, -0.1) is 0 Å². The van der Waals surface area contributed by atoms with Crippen molar-refractivity contribution >= 4 is 5.91 Å². The lowest BCUT2D eigenvalue weighted by Crippen LogP contribution is -2.34. The molecule has 88 valence electrons. The highest BCUT2D eigenvalue weighted by Crippen LogP contribution is 2.22. The Kier molecular flexibility index (Phi) is 4.54. The Labute approximate surface area is 91.8 Å². The first-order chi connectivity index (χ1) is 7.08. The summed E-state index contributed by atoms with van der Waals surface area (Å²) in [7, 11) is 1.60. The molecule has 15 heavy (non-hydrogen) atoms. The number of hydrogen-bond donors (Lipinski definition) is 1. The number of likely N-dealkylation sites (tertiary alicyclic amines) is 1. The zero-order chi connectivity index (χ0) is 11.4. The zero-order valence-corrected chi connectivity index (χ0v) is 9.90. The number of hydrogen-bond acceptors (Lipinski definition) is 3. The first-order valence-corrected chi connectivity index (χ1v) is 5.59. The lowest BCUT2D eigenvalue weighted by Gasteiger charge is -2.19. The summed E-state index contributed by atoms with van der Waals surface area (Å²) in [5.41, 5.74) is 5.49. The van der Waals surface area contributed by atoms with Crippen molar-refractivity contribution in [2.45, 2.75) is 26.4 Å². The number of ether oxygens (including phenoxy) is 1. The summed E-state index contributed by atoms with van der Waals surface area (Å²) in [6.07, 6.45) is 0.274. The van der Waals surface area contributed by atoms with Crippen molar-refractivity contribution in [1.29, 1.82) is 0 Å². The maximum Gasteiger partial charge on any atom is 0.225 e. The molecule has 3 unspecified atom stereocenters. The highest BCUT2D eigenvalue weighted by molar-refractivity contribution is 5.77. The Morgan fingerprint density at radius 2 is 2.00 bits per heavy atom. The van der Waals surface area contributed by atoms with Crippen LogP contribution in [0.3, 0.4) is 0 Å². The van der Waals surface area contributed by atoms with Crippen LogP contribution in [0.5, 0.6) is 0 Å². The van der Waals surface area contributed by atoms with Crippen molar-refractivity contribution < 1.29 is 9.53 Å². The molecule has 2 N–H and O–H groups in total. The lowest BCUT2D eigenvalue weighted by atomic mass is 10.0. The summed E-state index contributed by atoms with van der Waals surface area (Å²) in [5, 5.41) is 0. The summed E-state index contributed by atoms with van der Waals surface area (Å²) < 4.78 is 5.11. The molecule has 1 fully saturated rings. The molecule has 0 aromatic heterocycles. The topological polar surface area (TPSA) is 55.6 Å². The minimum absolute atomic E-state index is 0.135. The number of nitrogens with zero attached hydrogens (tertiary/aromatic N) is 1. The van der Waals surface area contributed by atoms with Crippen molar-refractivity contribution in [3.05, 3.63) is 0 Å². The van der Waals surface area contributed by atoms with Crippen molar-refractivity contribution in [2.75, 3.05) is 26.7 Å². The molecule has 0 radical (unpaired) electrons. The molecule has 1 amide bonds. The molecule has 1 aliphatic heterocycles. The van der Waals surface area contributed by atoms with Crippen LogP contribution >= 0.6 is 0 Å². The van der Waals surface area contributed by atoms with Gasteiger partial charge in [-0.25, -0.2) is 0 Å². The van der Waals surface area contributed by atoms with E-state index in [1.54, 1.807) is 7.11 Å². The minimum Gasteiger partial charge on any atom is -0.380 e. The molecule has 0 aliphatic carbocycles. The van der Waals surface area contributed by atoms with Crippen LogP contribution in [0.25, 0.3) is 0 Å². The Hall–Kier alpha value is -0.610. The number of amides is 1. The number of rotatable bonds is 4. The molecule has 0 aromatic carbocycles. The summed E-state index contributed by atoms with van der Waals surface area (Å²) in [6, 6.07) is 0. The van der Waals surface area contributed by atoms with E-state index in [-0.39, 0.29) is 12.0 Å².